The number of aliphatic carboxylic acids is 1. The van der Waals surface area contributed by atoms with E-state index in [-0.39, 0.29) is 6.42 Å². The van der Waals surface area contributed by atoms with E-state index >= 15 is 0 Å². The molecule has 0 bridgehead atoms. The Morgan fingerprint density at radius 1 is 1.48 bits per heavy atom. The number of piperazine rings is 1. The van der Waals surface area contributed by atoms with Crippen LogP contribution in [-0.4, -0.2) is 65.7 Å². The number of carboxylic acids is 1. The first-order valence-corrected chi connectivity index (χ1v) is 9.19. The van der Waals surface area contributed by atoms with Crippen molar-refractivity contribution < 1.29 is 14.6 Å². The van der Waals surface area contributed by atoms with Gasteiger partial charge in [-0.2, -0.15) is 0 Å². The topological polar surface area (TPSA) is 99.1 Å². The number of aromatic nitrogens is 1. The Labute approximate surface area is 150 Å². The summed E-state index contributed by atoms with van der Waals surface area (Å²) in [6, 6.07) is 0. The van der Waals surface area contributed by atoms with Gasteiger partial charge in [0.05, 0.1) is 36.6 Å². The standard InChI is InChI=1S/C16H23N5O3S/c1-12-13(25-11-19-12)2-7-24-16(8-15(22)23)10-18-9-14(20-16)21-5-3-17-4-6-21/h9-11,17,20H,2-8H2,1H3,(H,22,23). The fraction of sp³-hybridized carbons (Fsp3) is 0.562. The lowest BCUT2D eigenvalue weighted by Gasteiger charge is -2.39. The molecule has 1 aromatic heterocycles. The Kier molecular flexibility index (Phi) is 5.67. The van der Waals surface area contributed by atoms with E-state index in [1.165, 1.54) is 0 Å². The van der Waals surface area contributed by atoms with Gasteiger partial charge in [-0.25, -0.2) is 4.98 Å². The summed E-state index contributed by atoms with van der Waals surface area (Å²) in [6.07, 6.45) is 3.77. The number of carboxylic acid groups (broad SMARTS) is 1. The van der Waals surface area contributed by atoms with Crippen LogP contribution in [0.3, 0.4) is 0 Å². The smallest absolute Gasteiger partial charge is 0.308 e. The molecule has 8 nitrogen and oxygen atoms in total. The highest BCUT2D eigenvalue weighted by atomic mass is 32.1. The van der Waals surface area contributed by atoms with Crippen molar-refractivity contribution in [3.05, 3.63) is 28.1 Å². The Balaban J connectivity index is 1.66. The minimum absolute atomic E-state index is 0.193. The molecular weight excluding hydrogens is 342 g/mol. The summed E-state index contributed by atoms with van der Waals surface area (Å²) >= 11 is 1.58. The number of nitrogens with one attached hydrogen (secondary N) is 2. The quantitative estimate of drug-likeness (QED) is 0.649. The second-order valence-corrected chi connectivity index (χ2v) is 7.01. The van der Waals surface area contributed by atoms with Crippen molar-refractivity contribution in [3.8, 4) is 0 Å². The monoisotopic (exact) mass is 365 g/mol. The minimum atomic E-state index is -1.13. The average molecular weight is 365 g/mol. The largest absolute Gasteiger partial charge is 0.481 e. The second-order valence-electron chi connectivity index (χ2n) is 6.07. The molecule has 2 aliphatic heterocycles. The van der Waals surface area contributed by atoms with Gasteiger partial charge in [0.25, 0.3) is 0 Å². The van der Waals surface area contributed by atoms with E-state index in [4.69, 9.17) is 4.74 Å². The molecule has 1 atom stereocenters. The van der Waals surface area contributed by atoms with E-state index in [2.05, 4.69) is 25.5 Å². The van der Waals surface area contributed by atoms with Crippen LogP contribution in [0.4, 0.5) is 0 Å². The van der Waals surface area contributed by atoms with Crippen LogP contribution in [0.5, 0.6) is 0 Å². The third-order valence-electron chi connectivity index (χ3n) is 4.22. The molecule has 9 heteroatoms. The van der Waals surface area contributed by atoms with Crippen LogP contribution in [0.2, 0.25) is 0 Å². The summed E-state index contributed by atoms with van der Waals surface area (Å²) in [7, 11) is 0. The highest BCUT2D eigenvalue weighted by Crippen LogP contribution is 2.20. The van der Waals surface area contributed by atoms with Crippen molar-refractivity contribution in [2.75, 3.05) is 32.8 Å². The molecule has 0 aromatic carbocycles. The molecule has 1 unspecified atom stereocenters. The Morgan fingerprint density at radius 3 is 2.96 bits per heavy atom. The predicted octanol–water partition coefficient (Wildman–Crippen LogP) is 0.560. The SMILES string of the molecule is Cc1ncsc1CCOC1(CC(=O)O)C=NC=C(N2CCNCC2)N1. The van der Waals surface area contributed by atoms with E-state index in [0.29, 0.717) is 13.0 Å². The second kappa shape index (κ2) is 7.94. The zero-order valence-electron chi connectivity index (χ0n) is 14.2. The molecule has 0 amide bonds. The molecular formula is C16H23N5O3S. The number of nitrogens with zero attached hydrogens (tertiary/aromatic N) is 3. The van der Waals surface area contributed by atoms with Gasteiger partial charge < -0.3 is 25.4 Å². The maximum Gasteiger partial charge on any atom is 0.308 e. The van der Waals surface area contributed by atoms with Crippen molar-refractivity contribution in [2.24, 2.45) is 4.99 Å². The van der Waals surface area contributed by atoms with Crippen molar-refractivity contribution in [2.45, 2.75) is 25.5 Å². The predicted molar refractivity (Wildman–Crippen MR) is 95.6 cm³/mol. The van der Waals surface area contributed by atoms with Crippen LogP contribution in [0, 0.1) is 6.92 Å². The molecule has 25 heavy (non-hydrogen) atoms. The van der Waals surface area contributed by atoms with Crippen LogP contribution in [0.1, 0.15) is 17.0 Å². The van der Waals surface area contributed by atoms with E-state index in [0.717, 1.165) is 42.6 Å². The lowest BCUT2D eigenvalue weighted by atomic mass is 10.1. The highest BCUT2D eigenvalue weighted by Gasteiger charge is 2.36. The number of ether oxygens (including phenoxy) is 1. The molecule has 3 heterocycles. The van der Waals surface area contributed by atoms with Crippen LogP contribution < -0.4 is 10.6 Å². The van der Waals surface area contributed by atoms with Crippen molar-refractivity contribution in [1.29, 1.82) is 0 Å². The fourth-order valence-electron chi connectivity index (χ4n) is 2.91. The zero-order valence-corrected chi connectivity index (χ0v) is 15.0. The number of carbonyl (C=O) groups is 1. The van der Waals surface area contributed by atoms with Gasteiger partial charge in [0.1, 0.15) is 5.82 Å². The first-order valence-electron chi connectivity index (χ1n) is 8.31. The zero-order chi connectivity index (χ0) is 17.7. The molecule has 136 valence electrons. The van der Waals surface area contributed by atoms with Gasteiger partial charge in [-0.05, 0) is 6.92 Å². The summed E-state index contributed by atoms with van der Waals surface area (Å²) in [4.78, 5) is 23.2. The van der Waals surface area contributed by atoms with E-state index in [1.54, 1.807) is 23.8 Å². The number of thiazole rings is 1. The average Bonchev–Trinajstić information content (AvgIpc) is 3.00. The summed E-state index contributed by atoms with van der Waals surface area (Å²) in [5, 5.41) is 15.9. The van der Waals surface area contributed by atoms with Crippen molar-refractivity contribution in [1.82, 2.24) is 20.5 Å². The summed E-state index contributed by atoms with van der Waals surface area (Å²) in [5.74, 6) is -0.131. The first kappa shape index (κ1) is 17.8. The maximum absolute atomic E-state index is 11.4. The van der Waals surface area contributed by atoms with E-state index in [9.17, 15) is 9.90 Å². The molecule has 1 saturated heterocycles. The summed E-state index contributed by atoms with van der Waals surface area (Å²) in [5.41, 5.74) is 1.68. The van der Waals surface area contributed by atoms with Crippen LogP contribution in [-0.2, 0) is 16.0 Å². The molecule has 1 fully saturated rings. The Morgan fingerprint density at radius 2 is 2.28 bits per heavy atom. The van der Waals surface area contributed by atoms with Gasteiger partial charge in [0.15, 0.2) is 5.72 Å². The van der Waals surface area contributed by atoms with Gasteiger partial charge in [-0.3, -0.25) is 9.79 Å². The van der Waals surface area contributed by atoms with E-state index < -0.39 is 11.7 Å². The first-order chi connectivity index (χ1) is 12.1. The Bertz CT molecular complexity index is 668. The van der Waals surface area contributed by atoms with Gasteiger partial charge >= 0.3 is 5.97 Å². The van der Waals surface area contributed by atoms with Crippen molar-refractivity contribution >= 4 is 23.5 Å². The fourth-order valence-corrected chi connectivity index (χ4v) is 3.67. The maximum atomic E-state index is 11.4. The van der Waals surface area contributed by atoms with E-state index in [1.807, 2.05) is 12.4 Å². The molecule has 3 N–H and O–H groups in total. The normalized spacial score (nSPS) is 23.2. The summed E-state index contributed by atoms with van der Waals surface area (Å²) in [6.45, 7) is 5.82. The highest BCUT2D eigenvalue weighted by molar-refractivity contribution is 7.09. The van der Waals surface area contributed by atoms with Gasteiger partial charge in [-0.1, -0.05) is 0 Å². The number of hydrogen-bond donors (Lipinski definition) is 3. The molecule has 3 rings (SSSR count). The van der Waals surface area contributed by atoms with Crippen LogP contribution in [0.15, 0.2) is 22.5 Å². The molecule has 0 spiro atoms. The molecule has 0 radical (unpaired) electrons. The molecule has 0 aliphatic carbocycles. The lowest BCUT2D eigenvalue weighted by Crippen LogP contribution is -2.56. The third-order valence-corrected chi connectivity index (χ3v) is 5.22. The van der Waals surface area contributed by atoms with Crippen LogP contribution in [0.25, 0.3) is 0 Å². The minimum Gasteiger partial charge on any atom is -0.481 e. The van der Waals surface area contributed by atoms with Crippen LogP contribution >= 0.6 is 11.3 Å². The van der Waals surface area contributed by atoms with Gasteiger partial charge in [0.2, 0.25) is 0 Å². The Hall–Kier alpha value is -1.97. The number of aryl methyl sites for hydroxylation is 1. The van der Waals surface area contributed by atoms with Gasteiger partial charge in [-0.15, -0.1) is 11.3 Å². The van der Waals surface area contributed by atoms with Gasteiger partial charge in [0, 0.05) is 37.5 Å². The third kappa shape index (κ3) is 4.56. The molecule has 2 aliphatic rings. The summed E-state index contributed by atoms with van der Waals surface area (Å²) < 4.78 is 5.99. The molecule has 1 aromatic rings. The number of aliphatic imine (C=N–C) groups is 1. The number of hydrogen-bond acceptors (Lipinski definition) is 8. The lowest BCUT2D eigenvalue weighted by molar-refractivity contribution is -0.143. The van der Waals surface area contributed by atoms with Crippen molar-refractivity contribution in [3.63, 3.8) is 0 Å². The number of rotatable bonds is 7. The molecule has 0 saturated carbocycles.